The summed E-state index contributed by atoms with van der Waals surface area (Å²) in [7, 11) is 0. The zero-order valence-corrected chi connectivity index (χ0v) is 17.9. The van der Waals surface area contributed by atoms with Gasteiger partial charge in [-0.1, -0.05) is 36.3 Å². The summed E-state index contributed by atoms with van der Waals surface area (Å²) in [6.07, 6.45) is 13.9. The number of likely N-dealkylation sites (tertiary alicyclic amines) is 1. The van der Waals surface area contributed by atoms with E-state index >= 15 is 0 Å². The molecule has 0 spiro atoms. The van der Waals surface area contributed by atoms with Crippen LogP contribution in [0.2, 0.25) is 0 Å². The van der Waals surface area contributed by atoms with Crippen molar-refractivity contribution in [1.82, 2.24) is 14.8 Å². The van der Waals surface area contributed by atoms with Crippen molar-refractivity contribution in [1.29, 1.82) is 0 Å². The second kappa shape index (κ2) is 7.56. The molecular formula is C26H33N3O. The molecule has 0 saturated carbocycles. The standard InChI is InChI=1S/C26H33N3O/c30-25(11-10-19-16-27-23-8-2-1-7-22(19)23)29-13-5-6-18-14-20-15-21(26(18)29)17-28-12-4-3-9-24(20)28/h1-2,7-8,14,16,20-21,24,26-27H,3-6,9-13,15,17H2/t20-,21+,24-,26-/m0/s1. The lowest BCUT2D eigenvalue weighted by molar-refractivity contribution is -0.136. The monoisotopic (exact) mass is 403 g/mol. The number of nitrogens with one attached hydrogen (secondary N) is 1. The Morgan fingerprint density at radius 3 is 3.03 bits per heavy atom. The molecule has 0 unspecified atom stereocenters. The summed E-state index contributed by atoms with van der Waals surface area (Å²) in [5.41, 5.74) is 4.03. The molecule has 0 radical (unpaired) electrons. The van der Waals surface area contributed by atoms with Crippen LogP contribution < -0.4 is 0 Å². The highest BCUT2D eigenvalue weighted by atomic mass is 16.2. The Morgan fingerprint density at radius 2 is 2.07 bits per heavy atom. The van der Waals surface area contributed by atoms with Gasteiger partial charge in [-0.3, -0.25) is 9.69 Å². The van der Waals surface area contributed by atoms with Gasteiger partial charge in [-0.25, -0.2) is 0 Å². The van der Waals surface area contributed by atoms with Crippen LogP contribution in [0.3, 0.4) is 0 Å². The van der Waals surface area contributed by atoms with Gasteiger partial charge in [-0.15, -0.1) is 0 Å². The summed E-state index contributed by atoms with van der Waals surface area (Å²) in [5.74, 6) is 1.73. The number of hydrogen-bond donors (Lipinski definition) is 1. The Labute approximate surface area is 179 Å². The van der Waals surface area contributed by atoms with Crippen LogP contribution in [-0.2, 0) is 11.2 Å². The number of para-hydroxylation sites is 1. The molecule has 4 heterocycles. The molecule has 4 heteroatoms. The van der Waals surface area contributed by atoms with Crippen LogP contribution in [0.5, 0.6) is 0 Å². The van der Waals surface area contributed by atoms with E-state index in [4.69, 9.17) is 0 Å². The first-order chi connectivity index (χ1) is 14.8. The fourth-order valence-corrected chi connectivity index (χ4v) is 6.98. The lowest BCUT2D eigenvalue weighted by Gasteiger charge is -2.54. The van der Waals surface area contributed by atoms with Crippen molar-refractivity contribution < 1.29 is 4.79 Å². The van der Waals surface area contributed by atoms with Gasteiger partial charge in [-0.2, -0.15) is 0 Å². The van der Waals surface area contributed by atoms with Gasteiger partial charge in [0.2, 0.25) is 5.91 Å². The smallest absolute Gasteiger partial charge is 0.223 e. The third kappa shape index (κ3) is 3.11. The summed E-state index contributed by atoms with van der Waals surface area (Å²) in [4.78, 5) is 21.8. The molecule has 4 aliphatic rings. The Kier molecular flexibility index (Phi) is 4.71. The van der Waals surface area contributed by atoms with Crippen LogP contribution in [0.1, 0.15) is 50.5 Å². The normalized spacial score (nSPS) is 31.2. The van der Waals surface area contributed by atoms with Gasteiger partial charge >= 0.3 is 0 Å². The predicted molar refractivity (Wildman–Crippen MR) is 120 cm³/mol. The van der Waals surface area contributed by atoms with E-state index in [1.165, 1.54) is 61.7 Å². The van der Waals surface area contributed by atoms with Gasteiger partial charge in [0.1, 0.15) is 0 Å². The second-order valence-electron chi connectivity index (χ2n) is 9.95. The number of benzene rings is 1. The maximum atomic E-state index is 13.4. The molecule has 1 N–H and O–H groups in total. The minimum atomic E-state index is 0.357. The minimum Gasteiger partial charge on any atom is -0.361 e. The van der Waals surface area contributed by atoms with E-state index in [-0.39, 0.29) is 0 Å². The van der Waals surface area contributed by atoms with Gasteiger partial charge in [0.25, 0.3) is 0 Å². The molecule has 1 aromatic heterocycles. The van der Waals surface area contributed by atoms with Gasteiger partial charge < -0.3 is 9.88 Å². The molecule has 3 aliphatic heterocycles. The Hall–Kier alpha value is -2.07. The van der Waals surface area contributed by atoms with Crippen molar-refractivity contribution in [2.45, 2.75) is 63.5 Å². The molecule has 1 aliphatic carbocycles. The number of carbonyl (C=O) groups is 1. The summed E-state index contributed by atoms with van der Waals surface area (Å²) in [6, 6.07) is 9.55. The number of amides is 1. The van der Waals surface area contributed by atoms with Crippen molar-refractivity contribution in [2.75, 3.05) is 19.6 Å². The third-order valence-corrected chi connectivity index (χ3v) is 8.26. The van der Waals surface area contributed by atoms with Crippen LogP contribution >= 0.6 is 0 Å². The van der Waals surface area contributed by atoms with E-state index in [2.05, 4.69) is 51.3 Å². The number of nitrogens with zero attached hydrogens (tertiary/aromatic N) is 2. The average molecular weight is 404 g/mol. The van der Waals surface area contributed by atoms with Crippen molar-refractivity contribution in [3.63, 3.8) is 0 Å². The molecule has 1 amide bonds. The van der Waals surface area contributed by atoms with Crippen molar-refractivity contribution in [2.24, 2.45) is 11.8 Å². The number of piperidine rings is 3. The number of aromatic amines is 1. The van der Waals surface area contributed by atoms with Crippen LogP contribution in [0.15, 0.2) is 42.1 Å². The van der Waals surface area contributed by atoms with E-state index in [9.17, 15) is 4.79 Å². The molecule has 4 nitrogen and oxygen atoms in total. The van der Waals surface area contributed by atoms with Crippen LogP contribution in [0.25, 0.3) is 10.9 Å². The molecule has 30 heavy (non-hydrogen) atoms. The van der Waals surface area contributed by atoms with Crippen LogP contribution in [-0.4, -0.2) is 52.4 Å². The van der Waals surface area contributed by atoms with Crippen LogP contribution in [0.4, 0.5) is 0 Å². The number of aromatic nitrogens is 1. The average Bonchev–Trinajstić information content (AvgIpc) is 3.20. The topological polar surface area (TPSA) is 39.3 Å². The first-order valence-electron chi connectivity index (χ1n) is 12.1. The fourth-order valence-electron chi connectivity index (χ4n) is 6.98. The summed E-state index contributed by atoms with van der Waals surface area (Å²) < 4.78 is 0. The molecule has 1 aromatic carbocycles. The SMILES string of the molecule is O=C(CCc1c[nH]c2ccccc12)N1CCCC2=C[C@H]3C[C@H](CN4CCCC[C@@H]34)[C@H]21. The van der Waals surface area contributed by atoms with Crippen molar-refractivity contribution >= 4 is 16.8 Å². The molecular weight excluding hydrogens is 370 g/mol. The molecule has 4 atom stereocenters. The summed E-state index contributed by atoms with van der Waals surface area (Å²) >= 11 is 0. The Morgan fingerprint density at radius 1 is 1.13 bits per heavy atom. The zero-order valence-electron chi connectivity index (χ0n) is 17.9. The second-order valence-corrected chi connectivity index (χ2v) is 9.95. The first kappa shape index (κ1) is 18.7. The van der Waals surface area contributed by atoms with Gasteiger partial charge in [-0.05, 0) is 68.5 Å². The lowest BCUT2D eigenvalue weighted by Crippen LogP contribution is -2.60. The van der Waals surface area contributed by atoms with Gasteiger partial charge in [0, 0.05) is 42.7 Å². The molecule has 2 bridgehead atoms. The maximum Gasteiger partial charge on any atom is 0.223 e. The fraction of sp³-hybridized carbons (Fsp3) is 0.577. The summed E-state index contributed by atoms with van der Waals surface area (Å²) in [5, 5.41) is 1.26. The van der Waals surface area contributed by atoms with Crippen molar-refractivity contribution in [3.05, 3.63) is 47.7 Å². The van der Waals surface area contributed by atoms with E-state index in [0.29, 0.717) is 24.3 Å². The third-order valence-electron chi connectivity index (χ3n) is 8.26. The minimum absolute atomic E-state index is 0.357. The highest BCUT2D eigenvalue weighted by molar-refractivity contribution is 5.84. The largest absolute Gasteiger partial charge is 0.361 e. The number of fused-ring (bicyclic) bond motifs is 7. The number of carbonyl (C=O) groups excluding carboxylic acids is 1. The number of hydrogen-bond acceptors (Lipinski definition) is 2. The Bertz CT molecular complexity index is 976. The Balaban J connectivity index is 1.20. The zero-order chi connectivity index (χ0) is 20.1. The molecule has 2 aromatic rings. The van der Waals surface area contributed by atoms with E-state index in [0.717, 1.165) is 31.3 Å². The highest BCUT2D eigenvalue weighted by Gasteiger charge is 2.46. The first-order valence-corrected chi connectivity index (χ1v) is 12.1. The van der Waals surface area contributed by atoms with E-state index < -0.39 is 0 Å². The number of rotatable bonds is 3. The number of H-pyrrole nitrogens is 1. The maximum absolute atomic E-state index is 13.4. The molecule has 3 saturated heterocycles. The molecule has 3 fully saturated rings. The number of aryl methyl sites for hydroxylation is 1. The summed E-state index contributed by atoms with van der Waals surface area (Å²) in [6.45, 7) is 3.41. The predicted octanol–water partition coefficient (Wildman–Crippen LogP) is 4.52. The quantitative estimate of drug-likeness (QED) is 0.765. The van der Waals surface area contributed by atoms with Gasteiger partial charge in [0.15, 0.2) is 0 Å². The lowest BCUT2D eigenvalue weighted by atomic mass is 9.68. The van der Waals surface area contributed by atoms with Crippen molar-refractivity contribution in [3.8, 4) is 0 Å². The van der Waals surface area contributed by atoms with Crippen LogP contribution in [0, 0.1) is 11.8 Å². The van der Waals surface area contributed by atoms with E-state index in [1.807, 2.05) is 0 Å². The highest BCUT2D eigenvalue weighted by Crippen LogP contribution is 2.45. The van der Waals surface area contributed by atoms with Gasteiger partial charge in [0.05, 0.1) is 6.04 Å². The van der Waals surface area contributed by atoms with E-state index in [1.54, 1.807) is 5.57 Å². The molecule has 158 valence electrons. The molecule has 6 rings (SSSR count).